The van der Waals surface area contributed by atoms with Crippen LogP contribution in [0.4, 0.5) is 0 Å². The number of pyridine rings is 1. The van der Waals surface area contributed by atoms with Crippen molar-refractivity contribution in [2.75, 3.05) is 6.54 Å². The van der Waals surface area contributed by atoms with Crippen LogP contribution in [-0.4, -0.2) is 22.3 Å². The third-order valence-electron chi connectivity index (χ3n) is 3.47. The summed E-state index contributed by atoms with van der Waals surface area (Å²) in [5, 5.41) is 4.14. The Hall–Kier alpha value is -1.88. The first-order valence-electron chi connectivity index (χ1n) is 6.27. The molecule has 2 aromatic heterocycles. The number of H-pyrrole nitrogens is 1. The molecule has 98 valence electrons. The van der Waals surface area contributed by atoms with E-state index in [4.69, 9.17) is 0 Å². The zero-order valence-electron chi connectivity index (χ0n) is 10.3. The Morgan fingerprint density at radius 3 is 2.95 bits per heavy atom. The van der Waals surface area contributed by atoms with E-state index >= 15 is 0 Å². The largest absolute Gasteiger partial charge is 0.332 e. The van der Waals surface area contributed by atoms with Crippen molar-refractivity contribution in [1.82, 2.24) is 9.88 Å². The Kier molecular flexibility index (Phi) is 3.21. The molecule has 3 rings (SSSR count). The molecular formula is C14H14N2O2S. The molecule has 5 heteroatoms. The monoisotopic (exact) mass is 274 g/mol. The van der Waals surface area contributed by atoms with Gasteiger partial charge in [-0.1, -0.05) is 0 Å². The molecule has 19 heavy (non-hydrogen) atoms. The molecular weight excluding hydrogens is 260 g/mol. The highest BCUT2D eigenvalue weighted by molar-refractivity contribution is 7.07. The zero-order chi connectivity index (χ0) is 13.2. The predicted molar refractivity (Wildman–Crippen MR) is 74.4 cm³/mol. The second-order valence-electron chi connectivity index (χ2n) is 4.65. The van der Waals surface area contributed by atoms with E-state index in [9.17, 15) is 9.59 Å². The standard InChI is InChI=1S/C14H14N2O2S/c17-13-4-3-10(8-15-13)14(18)16-6-1-2-12(16)11-5-7-19-9-11/h3-5,7-9,12H,1-2,6H2,(H,15,17)/t12-/m0/s1. The van der Waals surface area contributed by atoms with Crippen LogP contribution in [0.3, 0.4) is 0 Å². The van der Waals surface area contributed by atoms with Gasteiger partial charge in [-0.05, 0) is 41.3 Å². The number of aromatic amines is 1. The second-order valence-corrected chi connectivity index (χ2v) is 5.43. The van der Waals surface area contributed by atoms with E-state index in [2.05, 4.69) is 16.4 Å². The highest BCUT2D eigenvalue weighted by atomic mass is 32.1. The smallest absolute Gasteiger partial charge is 0.255 e. The lowest BCUT2D eigenvalue weighted by Gasteiger charge is -2.24. The van der Waals surface area contributed by atoms with E-state index in [0.717, 1.165) is 19.4 Å². The molecule has 4 nitrogen and oxygen atoms in total. The number of aromatic nitrogens is 1. The number of thiophene rings is 1. The first-order chi connectivity index (χ1) is 9.25. The topological polar surface area (TPSA) is 53.2 Å². The Morgan fingerprint density at radius 2 is 2.26 bits per heavy atom. The summed E-state index contributed by atoms with van der Waals surface area (Å²) in [5.74, 6) is -0.00931. The van der Waals surface area contributed by atoms with Crippen LogP contribution in [0, 0.1) is 0 Å². The molecule has 0 unspecified atom stereocenters. The van der Waals surface area contributed by atoms with Gasteiger partial charge in [0.05, 0.1) is 11.6 Å². The fraction of sp³-hybridized carbons (Fsp3) is 0.286. The average Bonchev–Trinajstić information content (AvgIpc) is 3.09. The summed E-state index contributed by atoms with van der Waals surface area (Å²) in [6, 6.07) is 5.23. The van der Waals surface area contributed by atoms with E-state index in [1.165, 1.54) is 17.8 Å². The van der Waals surface area contributed by atoms with E-state index < -0.39 is 0 Å². The molecule has 1 aliphatic heterocycles. The fourth-order valence-electron chi connectivity index (χ4n) is 2.53. The molecule has 2 aromatic rings. The number of carbonyl (C=O) groups is 1. The summed E-state index contributed by atoms with van der Waals surface area (Å²) in [6.07, 6.45) is 3.52. The molecule has 3 heterocycles. The highest BCUT2D eigenvalue weighted by Gasteiger charge is 2.30. The van der Waals surface area contributed by atoms with Crippen molar-refractivity contribution in [3.8, 4) is 0 Å². The summed E-state index contributed by atoms with van der Waals surface area (Å²) in [7, 11) is 0. The number of carbonyl (C=O) groups excluding carboxylic acids is 1. The van der Waals surface area contributed by atoms with Gasteiger partial charge < -0.3 is 9.88 Å². The Balaban J connectivity index is 1.86. The SMILES string of the molecule is O=C(c1ccc(=O)[nH]c1)N1CCC[C@H]1c1ccsc1. The van der Waals surface area contributed by atoms with Gasteiger partial charge in [-0.15, -0.1) is 0 Å². The van der Waals surface area contributed by atoms with Crippen LogP contribution in [0.15, 0.2) is 40.0 Å². The maximum Gasteiger partial charge on any atom is 0.255 e. The molecule has 0 bridgehead atoms. The van der Waals surface area contributed by atoms with Crippen LogP contribution in [0.5, 0.6) is 0 Å². The molecule has 0 saturated carbocycles. The fourth-order valence-corrected chi connectivity index (χ4v) is 3.24. The molecule has 0 aromatic carbocycles. The molecule has 0 aliphatic carbocycles. The van der Waals surface area contributed by atoms with Gasteiger partial charge in [0.25, 0.3) is 5.91 Å². The minimum Gasteiger partial charge on any atom is -0.332 e. The highest BCUT2D eigenvalue weighted by Crippen LogP contribution is 2.33. The van der Waals surface area contributed by atoms with Crippen molar-refractivity contribution < 1.29 is 4.79 Å². The Bertz CT molecular complexity index is 613. The van der Waals surface area contributed by atoms with Crippen LogP contribution < -0.4 is 5.56 Å². The van der Waals surface area contributed by atoms with Crippen LogP contribution in [0.2, 0.25) is 0 Å². The molecule has 1 amide bonds. The summed E-state index contributed by atoms with van der Waals surface area (Å²) in [6.45, 7) is 0.776. The van der Waals surface area contributed by atoms with Crippen molar-refractivity contribution in [3.63, 3.8) is 0 Å². The van der Waals surface area contributed by atoms with Crippen LogP contribution in [-0.2, 0) is 0 Å². The van der Waals surface area contributed by atoms with Gasteiger partial charge in [0.15, 0.2) is 0 Å². The minimum absolute atomic E-state index is 0.00931. The maximum absolute atomic E-state index is 12.5. The number of nitrogens with zero attached hydrogens (tertiary/aromatic N) is 1. The van der Waals surface area contributed by atoms with Gasteiger partial charge in [0.2, 0.25) is 5.56 Å². The van der Waals surface area contributed by atoms with Gasteiger partial charge in [-0.2, -0.15) is 11.3 Å². The van der Waals surface area contributed by atoms with Gasteiger partial charge in [0, 0.05) is 18.8 Å². The van der Waals surface area contributed by atoms with E-state index in [-0.39, 0.29) is 17.5 Å². The number of rotatable bonds is 2. The van der Waals surface area contributed by atoms with Gasteiger partial charge >= 0.3 is 0 Å². The molecule has 1 atom stereocenters. The first kappa shape index (κ1) is 12.2. The lowest BCUT2D eigenvalue weighted by molar-refractivity contribution is 0.0735. The van der Waals surface area contributed by atoms with Crippen LogP contribution in [0.1, 0.15) is 34.8 Å². The quantitative estimate of drug-likeness (QED) is 0.914. The van der Waals surface area contributed by atoms with Crippen molar-refractivity contribution in [3.05, 3.63) is 56.6 Å². The number of hydrogen-bond acceptors (Lipinski definition) is 3. The lowest BCUT2D eigenvalue weighted by Crippen LogP contribution is -2.30. The number of nitrogens with one attached hydrogen (secondary N) is 1. The summed E-state index contributed by atoms with van der Waals surface area (Å²) < 4.78 is 0. The van der Waals surface area contributed by atoms with Crippen molar-refractivity contribution in [2.24, 2.45) is 0 Å². The van der Waals surface area contributed by atoms with Crippen LogP contribution in [0.25, 0.3) is 0 Å². The predicted octanol–water partition coefficient (Wildman–Crippen LogP) is 2.41. The first-order valence-corrected chi connectivity index (χ1v) is 7.22. The van der Waals surface area contributed by atoms with Gasteiger partial charge in [-0.25, -0.2) is 0 Å². The Morgan fingerprint density at radius 1 is 1.37 bits per heavy atom. The van der Waals surface area contributed by atoms with E-state index in [1.54, 1.807) is 17.4 Å². The third kappa shape index (κ3) is 2.33. The number of amides is 1. The summed E-state index contributed by atoms with van der Waals surface area (Å²) >= 11 is 1.65. The minimum atomic E-state index is -0.188. The van der Waals surface area contributed by atoms with Gasteiger partial charge in [-0.3, -0.25) is 9.59 Å². The molecule has 1 aliphatic rings. The van der Waals surface area contributed by atoms with Crippen molar-refractivity contribution >= 4 is 17.2 Å². The zero-order valence-corrected chi connectivity index (χ0v) is 11.2. The second kappa shape index (κ2) is 5.01. The average molecular weight is 274 g/mol. The maximum atomic E-state index is 12.5. The van der Waals surface area contributed by atoms with Crippen molar-refractivity contribution in [2.45, 2.75) is 18.9 Å². The normalized spacial score (nSPS) is 18.7. The molecule has 1 N–H and O–H groups in total. The van der Waals surface area contributed by atoms with E-state index in [1.807, 2.05) is 10.3 Å². The number of hydrogen-bond donors (Lipinski definition) is 1. The molecule has 0 radical (unpaired) electrons. The van der Waals surface area contributed by atoms with Gasteiger partial charge in [0.1, 0.15) is 0 Å². The summed E-state index contributed by atoms with van der Waals surface area (Å²) in [4.78, 5) is 28.0. The number of likely N-dealkylation sites (tertiary alicyclic amines) is 1. The van der Waals surface area contributed by atoms with Crippen molar-refractivity contribution in [1.29, 1.82) is 0 Å². The Labute approximate surface area is 114 Å². The van der Waals surface area contributed by atoms with Crippen LogP contribution >= 0.6 is 11.3 Å². The molecule has 1 saturated heterocycles. The van der Waals surface area contributed by atoms with E-state index in [0.29, 0.717) is 5.56 Å². The summed E-state index contributed by atoms with van der Waals surface area (Å²) in [5.41, 5.74) is 1.56. The lowest BCUT2D eigenvalue weighted by atomic mass is 10.1. The third-order valence-corrected chi connectivity index (χ3v) is 4.17. The molecule has 0 spiro atoms. The molecule has 1 fully saturated rings.